The number of carboxylic acids is 1. The van der Waals surface area contributed by atoms with E-state index in [1.54, 1.807) is 13.0 Å². The molecule has 0 amide bonds. The third-order valence-corrected chi connectivity index (χ3v) is 7.07. The van der Waals surface area contributed by atoms with E-state index in [1.807, 2.05) is 13.8 Å². The highest BCUT2D eigenvalue weighted by atomic mass is 16.5. The number of carbonyl (C=O) groups excluding carboxylic acids is 1. The molecule has 0 radical (unpaired) electrons. The standard InChI is InChI=1S/C23H38O9/c1-4-12(2)22(29)32-19-6-5-17(25)16-10-18(26)13(3)15(21(16)19)7-8-23(30,31)11-14(24)9-20(27)28/h10,12-15,17-19,21,24-26,30-31H,4-9,11H2,1-3H3,(H,27,28). The van der Waals surface area contributed by atoms with Crippen molar-refractivity contribution in [1.82, 2.24) is 0 Å². The van der Waals surface area contributed by atoms with Crippen LogP contribution in [0.25, 0.3) is 0 Å². The molecule has 8 atom stereocenters. The Kier molecular flexibility index (Phi) is 9.25. The molecule has 0 aliphatic heterocycles. The molecule has 6 N–H and O–H groups in total. The van der Waals surface area contributed by atoms with Crippen LogP contribution in [0, 0.1) is 23.7 Å². The summed E-state index contributed by atoms with van der Waals surface area (Å²) in [7, 11) is 0. The second-order valence-corrected chi connectivity index (χ2v) is 9.56. The summed E-state index contributed by atoms with van der Waals surface area (Å²) in [6.45, 7) is 5.51. The first-order valence-electron chi connectivity index (χ1n) is 11.5. The maximum Gasteiger partial charge on any atom is 0.308 e. The molecule has 2 aliphatic carbocycles. The smallest absolute Gasteiger partial charge is 0.308 e. The molecule has 0 aromatic heterocycles. The lowest BCUT2D eigenvalue weighted by atomic mass is 9.62. The van der Waals surface area contributed by atoms with Crippen LogP contribution in [0.1, 0.15) is 65.7 Å². The summed E-state index contributed by atoms with van der Waals surface area (Å²) in [6, 6.07) is 0. The second kappa shape index (κ2) is 11.1. The van der Waals surface area contributed by atoms with Gasteiger partial charge >= 0.3 is 11.9 Å². The average molecular weight is 459 g/mol. The molecule has 184 valence electrons. The minimum absolute atomic E-state index is 0.169. The van der Waals surface area contributed by atoms with Gasteiger partial charge in [-0.2, -0.15) is 0 Å². The Morgan fingerprint density at radius 3 is 2.50 bits per heavy atom. The molecule has 0 aromatic carbocycles. The topological polar surface area (TPSA) is 165 Å². The number of hydrogen-bond donors (Lipinski definition) is 6. The van der Waals surface area contributed by atoms with Gasteiger partial charge in [-0.1, -0.05) is 26.8 Å². The molecule has 9 heteroatoms. The lowest BCUT2D eigenvalue weighted by Gasteiger charge is -2.47. The van der Waals surface area contributed by atoms with E-state index in [0.717, 1.165) is 0 Å². The van der Waals surface area contributed by atoms with Crippen molar-refractivity contribution in [3.05, 3.63) is 11.6 Å². The van der Waals surface area contributed by atoms with Crippen LogP contribution < -0.4 is 0 Å². The summed E-state index contributed by atoms with van der Waals surface area (Å²) < 4.78 is 5.81. The number of aliphatic carboxylic acids is 1. The minimum atomic E-state index is -2.29. The van der Waals surface area contributed by atoms with Gasteiger partial charge in [0.15, 0.2) is 5.79 Å². The van der Waals surface area contributed by atoms with Crippen molar-refractivity contribution in [2.75, 3.05) is 0 Å². The lowest BCUT2D eigenvalue weighted by Crippen LogP contribution is -2.49. The van der Waals surface area contributed by atoms with Crippen LogP contribution in [0.4, 0.5) is 0 Å². The summed E-state index contributed by atoms with van der Waals surface area (Å²) in [5.41, 5.74) is 0.612. The fourth-order valence-electron chi connectivity index (χ4n) is 4.94. The van der Waals surface area contributed by atoms with Gasteiger partial charge in [-0.05, 0) is 43.1 Å². The molecule has 9 nitrogen and oxygen atoms in total. The predicted octanol–water partition coefficient (Wildman–Crippen LogP) is 0.955. The molecule has 0 bridgehead atoms. The monoisotopic (exact) mass is 458 g/mol. The Bertz CT molecular complexity index is 689. The highest BCUT2D eigenvalue weighted by molar-refractivity contribution is 5.72. The fourth-order valence-corrected chi connectivity index (χ4v) is 4.94. The predicted molar refractivity (Wildman–Crippen MR) is 114 cm³/mol. The van der Waals surface area contributed by atoms with Gasteiger partial charge in [-0.25, -0.2) is 0 Å². The van der Waals surface area contributed by atoms with E-state index in [-0.39, 0.29) is 42.5 Å². The third kappa shape index (κ3) is 6.74. The first kappa shape index (κ1) is 26.7. The summed E-state index contributed by atoms with van der Waals surface area (Å²) >= 11 is 0. The molecule has 0 spiro atoms. The zero-order chi connectivity index (χ0) is 24.2. The number of carboxylic acid groups (broad SMARTS) is 1. The number of hydrogen-bond acceptors (Lipinski definition) is 8. The van der Waals surface area contributed by atoms with E-state index in [0.29, 0.717) is 24.8 Å². The van der Waals surface area contributed by atoms with E-state index < -0.39 is 49.0 Å². The second-order valence-electron chi connectivity index (χ2n) is 9.56. The van der Waals surface area contributed by atoms with Crippen LogP contribution >= 0.6 is 0 Å². The Balaban J connectivity index is 2.20. The lowest BCUT2D eigenvalue weighted by molar-refractivity contribution is -0.192. The normalized spacial score (nSPS) is 32.4. The van der Waals surface area contributed by atoms with Gasteiger partial charge in [0, 0.05) is 18.8 Å². The zero-order valence-corrected chi connectivity index (χ0v) is 19.1. The fraction of sp³-hybridized carbons (Fsp3) is 0.826. The number of aliphatic hydroxyl groups excluding tert-OH is 3. The SMILES string of the molecule is CCC(C)C(=O)OC1CCC(O)C2=CC(O)C(C)C(CCC(O)(O)CC(O)CC(=O)O)C21. The van der Waals surface area contributed by atoms with Gasteiger partial charge in [0.25, 0.3) is 0 Å². The summed E-state index contributed by atoms with van der Waals surface area (Å²) in [5.74, 6) is -5.10. The molecule has 2 rings (SSSR count). The van der Waals surface area contributed by atoms with E-state index in [9.17, 15) is 35.1 Å². The molecule has 0 aromatic rings. The van der Waals surface area contributed by atoms with Gasteiger partial charge in [0.05, 0.1) is 30.7 Å². The van der Waals surface area contributed by atoms with Crippen molar-refractivity contribution in [3.8, 4) is 0 Å². The Morgan fingerprint density at radius 2 is 1.91 bits per heavy atom. The molecule has 0 saturated heterocycles. The first-order valence-corrected chi connectivity index (χ1v) is 11.5. The Hall–Kier alpha value is -1.52. The Morgan fingerprint density at radius 1 is 1.25 bits per heavy atom. The van der Waals surface area contributed by atoms with Crippen LogP contribution in [-0.4, -0.2) is 72.8 Å². The quantitative estimate of drug-likeness (QED) is 0.159. The molecule has 8 unspecified atom stereocenters. The third-order valence-electron chi connectivity index (χ3n) is 7.07. The van der Waals surface area contributed by atoms with E-state index in [1.165, 1.54) is 0 Å². The van der Waals surface area contributed by atoms with Gasteiger partial charge < -0.3 is 35.4 Å². The number of ether oxygens (including phenoxy) is 1. The number of rotatable bonds is 10. The van der Waals surface area contributed by atoms with Crippen LogP contribution in [0.15, 0.2) is 11.6 Å². The molecule has 2 aliphatic rings. The number of carbonyl (C=O) groups is 2. The largest absolute Gasteiger partial charge is 0.481 e. The Labute approximate surface area is 188 Å². The van der Waals surface area contributed by atoms with E-state index >= 15 is 0 Å². The van der Waals surface area contributed by atoms with Crippen molar-refractivity contribution < 1.29 is 45.0 Å². The zero-order valence-electron chi connectivity index (χ0n) is 19.1. The van der Waals surface area contributed by atoms with Crippen molar-refractivity contribution in [1.29, 1.82) is 0 Å². The van der Waals surface area contributed by atoms with Crippen molar-refractivity contribution in [2.45, 2.75) is 95.9 Å². The number of esters is 1. The van der Waals surface area contributed by atoms with Crippen LogP contribution in [-0.2, 0) is 14.3 Å². The highest BCUT2D eigenvalue weighted by Gasteiger charge is 2.47. The first-order chi connectivity index (χ1) is 14.9. The maximum atomic E-state index is 12.5. The summed E-state index contributed by atoms with van der Waals surface area (Å²) in [5, 5.41) is 60.3. The molecule has 0 heterocycles. The van der Waals surface area contributed by atoms with Crippen LogP contribution in [0.3, 0.4) is 0 Å². The number of fused-ring (bicyclic) bond motifs is 1. The van der Waals surface area contributed by atoms with Crippen molar-refractivity contribution >= 4 is 11.9 Å². The summed E-state index contributed by atoms with van der Waals surface area (Å²) in [6.07, 6.45) is -1.45. The maximum absolute atomic E-state index is 12.5. The van der Waals surface area contributed by atoms with Crippen molar-refractivity contribution in [3.63, 3.8) is 0 Å². The molecule has 32 heavy (non-hydrogen) atoms. The molecule has 1 saturated carbocycles. The van der Waals surface area contributed by atoms with Gasteiger partial charge in [-0.15, -0.1) is 0 Å². The summed E-state index contributed by atoms with van der Waals surface area (Å²) in [4.78, 5) is 23.2. The van der Waals surface area contributed by atoms with E-state index in [2.05, 4.69) is 0 Å². The van der Waals surface area contributed by atoms with Crippen molar-refractivity contribution in [2.24, 2.45) is 23.7 Å². The van der Waals surface area contributed by atoms with Crippen LogP contribution in [0.2, 0.25) is 0 Å². The van der Waals surface area contributed by atoms with Gasteiger partial charge in [0.2, 0.25) is 0 Å². The minimum Gasteiger partial charge on any atom is -0.481 e. The van der Waals surface area contributed by atoms with Crippen LogP contribution in [0.5, 0.6) is 0 Å². The molecular weight excluding hydrogens is 420 g/mol. The van der Waals surface area contributed by atoms with Gasteiger partial charge in [0.1, 0.15) is 6.10 Å². The molecule has 1 fully saturated rings. The highest BCUT2D eigenvalue weighted by Crippen LogP contribution is 2.47. The van der Waals surface area contributed by atoms with Gasteiger partial charge in [-0.3, -0.25) is 9.59 Å². The number of aliphatic hydroxyl groups is 5. The average Bonchev–Trinajstić information content (AvgIpc) is 2.68. The molecular formula is C23H38O9. The van der Waals surface area contributed by atoms with E-state index in [4.69, 9.17) is 9.84 Å².